The van der Waals surface area contributed by atoms with Gasteiger partial charge in [-0.3, -0.25) is 9.78 Å². The van der Waals surface area contributed by atoms with E-state index in [9.17, 15) is 9.90 Å². The summed E-state index contributed by atoms with van der Waals surface area (Å²) in [5.41, 5.74) is 2.03. The number of pyridine rings is 1. The van der Waals surface area contributed by atoms with Gasteiger partial charge in [0.15, 0.2) is 0 Å². The van der Waals surface area contributed by atoms with Crippen LogP contribution in [0.2, 0.25) is 0 Å². The van der Waals surface area contributed by atoms with Gasteiger partial charge in [-0.15, -0.1) is 0 Å². The van der Waals surface area contributed by atoms with Crippen molar-refractivity contribution in [1.29, 1.82) is 0 Å². The number of allylic oxidation sites excluding steroid dienone is 1. The molecule has 90 valence electrons. The summed E-state index contributed by atoms with van der Waals surface area (Å²) in [5.74, 6) is -0.362. The van der Waals surface area contributed by atoms with Crippen molar-refractivity contribution in [3.63, 3.8) is 0 Å². The Kier molecular flexibility index (Phi) is 3.53. The van der Waals surface area contributed by atoms with Gasteiger partial charge in [-0.25, -0.2) is 0 Å². The molecule has 0 spiro atoms. The number of aliphatic hydroxyl groups is 1. The zero-order chi connectivity index (χ0) is 13.0. The fourth-order valence-corrected chi connectivity index (χ4v) is 1.51. The van der Waals surface area contributed by atoms with Gasteiger partial charge in [0.2, 0.25) is 5.78 Å². The smallest absolute Gasteiger partial charge is 0.207 e. The third-order valence-electron chi connectivity index (χ3n) is 2.53. The monoisotopic (exact) mass is 239 g/mol. The van der Waals surface area contributed by atoms with Crippen LogP contribution < -0.4 is 0 Å². The Hall–Kier alpha value is -2.42. The van der Waals surface area contributed by atoms with Crippen LogP contribution in [-0.4, -0.2) is 15.9 Å². The van der Waals surface area contributed by atoms with E-state index in [1.54, 1.807) is 36.5 Å². The Morgan fingerprint density at radius 3 is 2.50 bits per heavy atom. The maximum Gasteiger partial charge on any atom is 0.207 e. The molecule has 0 aliphatic carbocycles. The van der Waals surface area contributed by atoms with Gasteiger partial charge in [-0.2, -0.15) is 0 Å². The van der Waals surface area contributed by atoms with E-state index in [4.69, 9.17) is 0 Å². The van der Waals surface area contributed by atoms with Gasteiger partial charge in [0.25, 0.3) is 0 Å². The second-order valence-corrected chi connectivity index (χ2v) is 3.97. The molecule has 1 aromatic heterocycles. The summed E-state index contributed by atoms with van der Waals surface area (Å²) in [6.07, 6.45) is 2.73. The Balaban J connectivity index is 2.23. The van der Waals surface area contributed by atoms with Crippen LogP contribution in [0.15, 0.2) is 54.7 Å². The van der Waals surface area contributed by atoms with E-state index in [1.165, 1.54) is 6.08 Å². The molecule has 0 atom stereocenters. The quantitative estimate of drug-likeness (QED) is 0.508. The van der Waals surface area contributed by atoms with Crippen LogP contribution in [0, 0.1) is 6.92 Å². The van der Waals surface area contributed by atoms with Gasteiger partial charge < -0.3 is 5.11 Å². The lowest BCUT2D eigenvalue weighted by Crippen LogP contribution is -1.99. The molecule has 0 saturated carbocycles. The fourth-order valence-electron chi connectivity index (χ4n) is 1.51. The molecule has 0 aliphatic rings. The van der Waals surface area contributed by atoms with E-state index in [0.717, 1.165) is 5.56 Å². The molecule has 1 aromatic carbocycles. The predicted octanol–water partition coefficient (Wildman–Crippen LogP) is 3.17. The van der Waals surface area contributed by atoms with Gasteiger partial charge in [0, 0.05) is 17.8 Å². The molecule has 2 rings (SSSR count). The summed E-state index contributed by atoms with van der Waals surface area (Å²) < 4.78 is 0. The maximum absolute atomic E-state index is 11.8. The van der Waals surface area contributed by atoms with Crippen molar-refractivity contribution in [2.45, 2.75) is 6.92 Å². The largest absolute Gasteiger partial charge is 0.507 e. The highest BCUT2D eigenvalue weighted by Gasteiger charge is 2.06. The summed E-state index contributed by atoms with van der Waals surface area (Å²) in [6, 6.07) is 12.4. The lowest BCUT2D eigenvalue weighted by Gasteiger charge is -2.00. The average Bonchev–Trinajstić information content (AvgIpc) is 2.40. The van der Waals surface area contributed by atoms with E-state index in [0.29, 0.717) is 11.3 Å². The predicted molar refractivity (Wildman–Crippen MR) is 70.4 cm³/mol. The highest BCUT2D eigenvalue weighted by Crippen LogP contribution is 2.13. The number of hydrogen-bond acceptors (Lipinski definition) is 3. The fraction of sp³-hybridized carbons (Fsp3) is 0.0667. The molecular formula is C15H13NO2. The lowest BCUT2D eigenvalue weighted by atomic mass is 10.1. The SMILES string of the molecule is Cc1ccc(/C(O)=C/C(=O)c2ccccn2)cc1. The van der Waals surface area contributed by atoms with Crippen molar-refractivity contribution in [1.82, 2.24) is 4.98 Å². The van der Waals surface area contributed by atoms with Crippen LogP contribution in [0.3, 0.4) is 0 Å². The minimum atomic E-state index is -0.311. The van der Waals surface area contributed by atoms with Gasteiger partial charge >= 0.3 is 0 Å². The van der Waals surface area contributed by atoms with Gasteiger partial charge in [-0.05, 0) is 19.1 Å². The standard InChI is InChI=1S/C15H13NO2/c1-11-5-7-12(8-6-11)14(17)10-15(18)13-4-2-3-9-16-13/h2-10,17H,1H3/b14-10-. The van der Waals surface area contributed by atoms with Crippen LogP contribution in [-0.2, 0) is 0 Å². The number of hydrogen-bond donors (Lipinski definition) is 1. The number of aliphatic hydroxyl groups excluding tert-OH is 1. The molecule has 18 heavy (non-hydrogen) atoms. The van der Waals surface area contributed by atoms with Gasteiger partial charge in [0.05, 0.1) is 0 Å². The first-order valence-electron chi connectivity index (χ1n) is 5.60. The summed E-state index contributed by atoms with van der Waals surface area (Å²) in [4.78, 5) is 15.7. The zero-order valence-corrected chi connectivity index (χ0v) is 10.00. The Morgan fingerprint density at radius 2 is 1.89 bits per heavy atom. The lowest BCUT2D eigenvalue weighted by molar-refractivity contribution is 0.104. The molecule has 0 radical (unpaired) electrons. The highest BCUT2D eigenvalue weighted by molar-refractivity contribution is 6.06. The first kappa shape index (κ1) is 12.0. The minimum absolute atomic E-state index is 0.0503. The average molecular weight is 239 g/mol. The topological polar surface area (TPSA) is 50.2 Å². The molecule has 3 heteroatoms. The van der Waals surface area contributed by atoms with Gasteiger partial charge in [-0.1, -0.05) is 35.9 Å². The number of aromatic nitrogens is 1. The summed E-state index contributed by atoms with van der Waals surface area (Å²) in [6.45, 7) is 1.96. The molecule has 0 saturated heterocycles. The normalized spacial score (nSPS) is 11.3. The van der Waals surface area contributed by atoms with E-state index in [-0.39, 0.29) is 11.5 Å². The molecule has 0 bridgehead atoms. The first-order valence-corrected chi connectivity index (χ1v) is 5.60. The third-order valence-corrected chi connectivity index (χ3v) is 2.53. The summed E-state index contributed by atoms with van der Waals surface area (Å²) >= 11 is 0. The highest BCUT2D eigenvalue weighted by atomic mass is 16.3. The van der Waals surface area contributed by atoms with Crippen molar-refractivity contribution in [3.8, 4) is 0 Å². The molecular weight excluding hydrogens is 226 g/mol. The molecule has 0 fully saturated rings. The van der Waals surface area contributed by atoms with E-state index < -0.39 is 0 Å². The number of carbonyl (C=O) groups is 1. The molecule has 0 aliphatic heterocycles. The summed E-state index contributed by atoms with van der Waals surface area (Å²) in [7, 11) is 0. The Bertz CT molecular complexity index is 571. The zero-order valence-electron chi connectivity index (χ0n) is 10.00. The van der Waals surface area contributed by atoms with Crippen LogP contribution in [0.5, 0.6) is 0 Å². The molecule has 1 N–H and O–H groups in total. The van der Waals surface area contributed by atoms with E-state index in [1.807, 2.05) is 19.1 Å². The van der Waals surface area contributed by atoms with Crippen molar-refractivity contribution < 1.29 is 9.90 Å². The van der Waals surface area contributed by atoms with Gasteiger partial charge in [0.1, 0.15) is 11.5 Å². The van der Waals surface area contributed by atoms with E-state index >= 15 is 0 Å². The molecule has 3 nitrogen and oxygen atoms in total. The second-order valence-electron chi connectivity index (χ2n) is 3.97. The molecule has 2 aromatic rings. The third kappa shape index (κ3) is 2.83. The van der Waals surface area contributed by atoms with Crippen molar-refractivity contribution in [2.24, 2.45) is 0 Å². The summed E-state index contributed by atoms with van der Waals surface area (Å²) in [5, 5.41) is 9.86. The van der Waals surface area contributed by atoms with E-state index in [2.05, 4.69) is 4.98 Å². The van der Waals surface area contributed by atoms with Crippen molar-refractivity contribution in [3.05, 3.63) is 71.6 Å². The Labute approximate surface area is 105 Å². The Morgan fingerprint density at radius 1 is 1.17 bits per heavy atom. The number of aryl methyl sites for hydroxylation is 1. The number of ketones is 1. The molecule has 1 heterocycles. The minimum Gasteiger partial charge on any atom is -0.507 e. The number of rotatable bonds is 3. The molecule has 0 unspecified atom stereocenters. The second kappa shape index (κ2) is 5.27. The van der Waals surface area contributed by atoms with Crippen molar-refractivity contribution >= 4 is 11.5 Å². The van der Waals surface area contributed by atoms with Crippen LogP contribution in [0.1, 0.15) is 21.6 Å². The number of benzene rings is 1. The van der Waals surface area contributed by atoms with Crippen LogP contribution >= 0.6 is 0 Å². The number of carbonyl (C=O) groups excluding carboxylic acids is 1. The first-order chi connectivity index (χ1) is 8.66. The van der Waals surface area contributed by atoms with Crippen LogP contribution in [0.4, 0.5) is 0 Å². The van der Waals surface area contributed by atoms with Crippen molar-refractivity contribution in [2.75, 3.05) is 0 Å². The van der Waals surface area contributed by atoms with Crippen LogP contribution in [0.25, 0.3) is 5.76 Å². The molecule has 0 amide bonds. The maximum atomic E-state index is 11.8. The number of nitrogens with zero attached hydrogens (tertiary/aromatic N) is 1.